The molecule has 0 aliphatic carbocycles. The third-order valence-electron chi connectivity index (χ3n) is 1.99. The first-order valence-electron chi connectivity index (χ1n) is 4.99. The lowest BCUT2D eigenvalue weighted by Crippen LogP contribution is -2.01. The first-order valence-corrected chi connectivity index (χ1v) is 6.70. The summed E-state index contributed by atoms with van der Waals surface area (Å²) in [5, 5.41) is 9.99. The van der Waals surface area contributed by atoms with E-state index >= 15 is 0 Å². The molecule has 0 unspecified atom stereocenters. The smallest absolute Gasteiger partial charge is 0.172 e. The minimum absolute atomic E-state index is 0.0744. The third-order valence-corrected chi connectivity index (χ3v) is 3.56. The van der Waals surface area contributed by atoms with Crippen LogP contribution in [0.1, 0.15) is 18.9 Å². The van der Waals surface area contributed by atoms with Crippen LogP contribution in [0.4, 0.5) is 0 Å². The van der Waals surface area contributed by atoms with E-state index in [1.54, 1.807) is 31.2 Å². The normalized spacial score (nSPS) is 12.1. The molecular weight excluding hydrogens is 222 g/mol. The number of sulfone groups is 1. The fourth-order valence-corrected chi connectivity index (χ4v) is 2.53. The highest BCUT2D eigenvalue weighted by atomic mass is 32.2. The van der Waals surface area contributed by atoms with Crippen LogP contribution in [0.15, 0.2) is 35.7 Å². The minimum atomic E-state index is -3.28. The SMILES string of the molecule is CCCS(=O)(=O)/C=C(/C#N)c1ccccc1. The van der Waals surface area contributed by atoms with E-state index in [1.165, 1.54) is 0 Å². The van der Waals surface area contributed by atoms with Crippen molar-refractivity contribution in [3.8, 4) is 6.07 Å². The summed E-state index contributed by atoms with van der Waals surface area (Å²) < 4.78 is 23.1. The summed E-state index contributed by atoms with van der Waals surface area (Å²) in [6.45, 7) is 1.79. The Balaban J connectivity index is 3.11. The van der Waals surface area contributed by atoms with E-state index in [2.05, 4.69) is 0 Å². The Morgan fingerprint density at radius 2 is 2.00 bits per heavy atom. The summed E-state index contributed by atoms with van der Waals surface area (Å²) in [5.41, 5.74) is 0.818. The first kappa shape index (κ1) is 12.5. The Bertz CT molecular complexity index is 510. The van der Waals surface area contributed by atoms with Crippen LogP contribution in [0.3, 0.4) is 0 Å². The average molecular weight is 235 g/mol. The van der Waals surface area contributed by atoms with Gasteiger partial charge in [0.1, 0.15) is 6.07 Å². The molecule has 0 saturated carbocycles. The molecule has 1 aromatic rings. The van der Waals surface area contributed by atoms with Gasteiger partial charge in [-0.3, -0.25) is 0 Å². The summed E-state index contributed by atoms with van der Waals surface area (Å²) in [7, 11) is -3.28. The molecule has 0 radical (unpaired) electrons. The van der Waals surface area contributed by atoms with Crippen molar-refractivity contribution in [1.82, 2.24) is 0 Å². The molecule has 1 aromatic carbocycles. The largest absolute Gasteiger partial charge is 0.224 e. The highest BCUT2D eigenvalue weighted by molar-refractivity contribution is 7.94. The lowest BCUT2D eigenvalue weighted by molar-refractivity contribution is 0.603. The summed E-state index contributed by atoms with van der Waals surface area (Å²) in [6.07, 6.45) is 0.548. The maximum atomic E-state index is 11.5. The van der Waals surface area contributed by atoms with E-state index in [9.17, 15) is 8.42 Å². The van der Waals surface area contributed by atoms with Crippen molar-refractivity contribution in [2.45, 2.75) is 13.3 Å². The van der Waals surface area contributed by atoms with Crippen LogP contribution < -0.4 is 0 Å². The minimum Gasteiger partial charge on any atom is -0.224 e. The molecule has 84 valence electrons. The number of nitriles is 1. The maximum Gasteiger partial charge on any atom is 0.172 e. The van der Waals surface area contributed by atoms with E-state index in [-0.39, 0.29) is 11.3 Å². The summed E-state index contributed by atoms with van der Waals surface area (Å²) in [5.74, 6) is 0.0744. The van der Waals surface area contributed by atoms with Crippen molar-refractivity contribution in [1.29, 1.82) is 5.26 Å². The topological polar surface area (TPSA) is 57.9 Å². The highest BCUT2D eigenvalue weighted by Crippen LogP contribution is 2.15. The van der Waals surface area contributed by atoms with Crippen molar-refractivity contribution in [3.05, 3.63) is 41.3 Å². The zero-order valence-corrected chi connectivity index (χ0v) is 9.87. The molecule has 0 atom stereocenters. The molecule has 0 N–H and O–H groups in total. The molecule has 0 aliphatic heterocycles. The van der Waals surface area contributed by atoms with Crippen molar-refractivity contribution in [3.63, 3.8) is 0 Å². The van der Waals surface area contributed by atoms with Gasteiger partial charge in [0.05, 0.1) is 11.3 Å². The fraction of sp³-hybridized carbons (Fsp3) is 0.250. The standard InChI is InChI=1S/C12H13NO2S/c1-2-8-16(14,15)10-12(9-13)11-6-4-3-5-7-11/h3-7,10H,2,8H2,1H3/b12-10-. The Morgan fingerprint density at radius 3 is 2.50 bits per heavy atom. The van der Waals surface area contributed by atoms with Crippen LogP contribution in [-0.2, 0) is 9.84 Å². The zero-order chi connectivity index (χ0) is 12.0. The second-order valence-corrected chi connectivity index (χ2v) is 5.35. The zero-order valence-electron chi connectivity index (χ0n) is 9.05. The Kier molecular flexibility index (Phi) is 4.27. The van der Waals surface area contributed by atoms with Crippen molar-refractivity contribution < 1.29 is 8.42 Å². The van der Waals surface area contributed by atoms with Gasteiger partial charge in [-0.05, 0) is 12.0 Å². The molecule has 0 saturated heterocycles. The molecule has 0 spiro atoms. The number of hydrogen-bond acceptors (Lipinski definition) is 3. The molecule has 0 fully saturated rings. The van der Waals surface area contributed by atoms with Gasteiger partial charge in [-0.25, -0.2) is 8.42 Å². The second kappa shape index (κ2) is 5.47. The molecule has 0 bridgehead atoms. The Morgan fingerprint density at radius 1 is 1.38 bits per heavy atom. The number of hydrogen-bond donors (Lipinski definition) is 0. The van der Waals surface area contributed by atoms with Crippen molar-refractivity contribution in [2.75, 3.05) is 5.75 Å². The third kappa shape index (κ3) is 3.52. The fourth-order valence-electron chi connectivity index (χ4n) is 1.30. The van der Waals surface area contributed by atoms with E-state index in [0.717, 1.165) is 5.41 Å². The van der Waals surface area contributed by atoms with E-state index in [1.807, 2.05) is 12.1 Å². The summed E-state index contributed by atoms with van der Waals surface area (Å²) in [6, 6.07) is 10.7. The van der Waals surface area contributed by atoms with Crippen LogP contribution in [-0.4, -0.2) is 14.2 Å². The Labute approximate surface area is 95.9 Å². The lowest BCUT2D eigenvalue weighted by atomic mass is 10.1. The van der Waals surface area contributed by atoms with Gasteiger partial charge in [0.15, 0.2) is 9.84 Å². The monoisotopic (exact) mass is 235 g/mol. The van der Waals surface area contributed by atoms with Gasteiger partial charge in [-0.2, -0.15) is 5.26 Å². The Hall–Kier alpha value is -1.60. The molecule has 3 nitrogen and oxygen atoms in total. The van der Waals surface area contributed by atoms with Gasteiger partial charge in [0.2, 0.25) is 0 Å². The van der Waals surface area contributed by atoms with Gasteiger partial charge in [-0.15, -0.1) is 0 Å². The van der Waals surface area contributed by atoms with E-state index in [4.69, 9.17) is 5.26 Å². The molecule has 1 rings (SSSR count). The van der Waals surface area contributed by atoms with E-state index < -0.39 is 9.84 Å². The van der Waals surface area contributed by atoms with Crippen LogP contribution in [0.5, 0.6) is 0 Å². The van der Waals surface area contributed by atoms with Crippen LogP contribution in [0.2, 0.25) is 0 Å². The van der Waals surface area contributed by atoms with Gasteiger partial charge in [0, 0.05) is 5.41 Å². The van der Waals surface area contributed by atoms with E-state index in [0.29, 0.717) is 12.0 Å². The number of nitrogens with zero attached hydrogens (tertiary/aromatic N) is 1. The van der Waals surface area contributed by atoms with Gasteiger partial charge in [-0.1, -0.05) is 37.3 Å². The number of rotatable bonds is 4. The summed E-state index contributed by atoms with van der Waals surface area (Å²) >= 11 is 0. The lowest BCUT2D eigenvalue weighted by Gasteiger charge is -1.99. The maximum absolute atomic E-state index is 11.5. The molecule has 0 amide bonds. The van der Waals surface area contributed by atoms with Gasteiger partial charge in [0.25, 0.3) is 0 Å². The summed E-state index contributed by atoms with van der Waals surface area (Å²) in [4.78, 5) is 0. The van der Waals surface area contributed by atoms with Crippen molar-refractivity contribution >= 4 is 15.4 Å². The molecule has 16 heavy (non-hydrogen) atoms. The molecule has 0 aromatic heterocycles. The van der Waals surface area contributed by atoms with Crippen LogP contribution in [0, 0.1) is 11.3 Å². The molecule has 4 heteroatoms. The van der Waals surface area contributed by atoms with Gasteiger partial charge >= 0.3 is 0 Å². The van der Waals surface area contributed by atoms with Gasteiger partial charge < -0.3 is 0 Å². The highest BCUT2D eigenvalue weighted by Gasteiger charge is 2.09. The quantitative estimate of drug-likeness (QED) is 0.753. The van der Waals surface area contributed by atoms with Crippen LogP contribution >= 0.6 is 0 Å². The first-order chi connectivity index (χ1) is 7.59. The molecular formula is C12H13NO2S. The van der Waals surface area contributed by atoms with Crippen LogP contribution in [0.25, 0.3) is 5.57 Å². The predicted octanol–water partition coefficient (Wildman–Crippen LogP) is 2.38. The van der Waals surface area contributed by atoms with Crippen molar-refractivity contribution in [2.24, 2.45) is 0 Å². The number of allylic oxidation sites excluding steroid dienone is 1. The number of benzene rings is 1. The average Bonchev–Trinajstić information content (AvgIpc) is 2.27. The molecule has 0 heterocycles. The predicted molar refractivity (Wildman–Crippen MR) is 64.1 cm³/mol. The second-order valence-electron chi connectivity index (χ2n) is 3.38. The molecule has 0 aliphatic rings.